The van der Waals surface area contributed by atoms with Gasteiger partial charge in [0, 0.05) is 6.42 Å². The summed E-state index contributed by atoms with van der Waals surface area (Å²) in [5.41, 5.74) is -0.140. The molecule has 0 saturated carbocycles. The van der Waals surface area contributed by atoms with Gasteiger partial charge < -0.3 is 23.0 Å². The lowest BCUT2D eigenvalue weighted by Gasteiger charge is -2.28. The lowest BCUT2D eigenvalue weighted by molar-refractivity contribution is 0.00850. The second-order valence-electron chi connectivity index (χ2n) is 7.67. The number of esters is 2. The number of rotatable bonds is 5. The molecular formula is C20H23NO8. The number of likely N-dealkylation sites (tertiary alicyclic amines) is 1. The van der Waals surface area contributed by atoms with E-state index in [1.807, 2.05) is 0 Å². The molecule has 29 heavy (non-hydrogen) atoms. The molecule has 1 fully saturated rings. The highest BCUT2D eigenvalue weighted by molar-refractivity contribution is 5.89. The summed E-state index contributed by atoms with van der Waals surface area (Å²) in [6, 6.07) is 2.48. The molecule has 1 aliphatic rings. The number of hydrogen-bond donors (Lipinski definition) is 0. The third-order valence-corrected chi connectivity index (χ3v) is 4.20. The third-order valence-electron chi connectivity index (χ3n) is 4.20. The molecule has 0 spiro atoms. The van der Waals surface area contributed by atoms with Gasteiger partial charge in [-0.25, -0.2) is 14.4 Å². The zero-order valence-electron chi connectivity index (χ0n) is 16.5. The van der Waals surface area contributed by atoms with Gasteiger partial charge in [0.25, 0.3) is 0 Å². The fraction of sp³-hybridized carbons (Fsp3) is 0.450. The van der Waals surface area contributed by atoms with Gasteiger partial charge in [-0.2, -0.15) is 0 Å². The zero-order valence-corrected chi connectivity index (χ0v) is 16.5. The number of hydrogen-bond acceptors (Lipinski definition) is 8. The van der Waals surface area contributed by atoms with Crippen LogP contribution in [0, 0.1) is 0 Å². The molecule has 1 aliphatic heterocycles. The molecule has 0 aromatic carbocycles. The van der Waals surface area contributed by atoms with Crippen molar-refractivity contribution in [1.29, 1.82) is 0 Å². The zero-order chi connectivity index (χ0) is 21.0. The molecule has 2 atom stereocenters. The van der Waals surface area contributed by atoms with Crippen LogP contribution >= 0.6 is 0 Å². The van der Waals surface area contributed by atoms with E-state index in [0.29, 0.717) is 6.42 Å². The van der Waals surface area contributed by atoms with Gasteiger partial charge in [-0.15, -0.1) is 0 Å². The van der Waals surface area contributed by atoms with E-state index in [2.05, 4.69) is 0 Å². The summed E-state index contributed by atoms with van der Waals surface area (Å²) in [6.07, 6.45) is 4.47. The van der Waals surface area contributed by atoms with E-state index in [-0.39, 0.29) is 24.3 Å². The van der Waals surface area contributed by atoms with Crippen LogP contribution in [0.4, 0.5) is 4.79 Å². The number of carbonyl (C=O) groups excluding carboxylic acids is 3. The first-order chi connectivity index (χ1) is 13.7. The maximum absolute atomic E-state index is 12.6. The van der Waals surface area contributed by atoms with Crippen LogP contribution in [0.5, 0.6) is 0 Å². The molecule has 3 rings (SSSR count). The molecule has 0 aliphatic carbocycles. The second-order valence-corrected chi connectivity index (χ2v) is 7.67. The van der Waals surface area contributed by atoms with Crippen LogP contribution in [0.1, 0.15) is 47.9 Å². The summed E-state index contributed by atoms with van der Waals surface area (Å²) in [4.78, 5) is 38.3. The minimum absolute atomic E-state index is 0.0665. The van der Waals surface area contributed by atoms with Gasteiger partial charge in [0.15, 0.2) is 0 Å². The SMILES string of the molecule is CC(C)(C)OC(=O)N1C[C@H](OC(=O)c2ccoc2)C[C@@H]1COC(=O)c1ccoc1. The van der Waals surface area contributed by atoms with Gasteiger partial charge >= 0.3 is 18.0 Å². The van der Waals surface area contributed by atoms with Crippen molar-refractivity contribution in [2.24, 2.45) is 0 Å². The van der Waals surface area contributed by atoms with Crippen LogP contribution in [0.3, 0.4) is 0 Å². The van der Waals surface area contributed by atoms with E-state index in [1.165, 1.54) is 42.1 Å². The smallest absolute Gasteiger partial charge is 0.410 e. The third kappa shape index (κ3) is 5.40. The van der Waals surface area contributed by atoms with E-state index in [1.54, 1.807) is 20.8 Å². The van der Waals surface area contributed by atoms with Crippen molar-refractivity contribution in [3.63, 3.8) is 0 Å². The van der Waals surface area contributed by atoms with Crippen molar-refractivity contribution in [2.75, 3.05) is 13.2 Å². The van der Waals surface area contributed by atoms with Gasteiger partial charge in [-0.05, 0) is 32.9 Å². The summed E-state index contributed by atoms with van der Waals surface area (Å²) in [5, 5.41) is 0. The average molecular weight is 405 g/mol. The Morgan fingerprint density at radius 3 is 2.24 bits per heavy atom. The molecule has 0 unspecified atom stereocenters. The lowest BCUT2D eigenvalue weighted by Crippen LogP contribution is -2.42. The molecule has 156 valence electrons. The van der Waals surface area contributed by atoms with Crippen LogP contribution < -0.4 is 0 Å². The molecule has 2 aromatic heterocycles. The number of ether oxygens (including phenoxy) is 3. The first-order valence-corrected chi connectivity index (χ1v) is 9.15. The average Bonchev–Trinajstić information content (AvgIpc) is 3.38. The fourth-order valence-corrected chi connectivity index (χ4v) is 2.90. The normalized spacial score (nSPS) is 19.1. The standard InChI is InChI=1S/C20H23NO8/c1-20(2,3)29-19(24)21-9-16(28-18(23)14-5-7-26-11-14)8-15(21)12-27-17(22)13-4-6-25-10-13/h4-7,10-11,15-16H,8-9,12H2,1-3H3/t15-,16-/m1/s1. The Hall–Kier alpha value is -3.23. The number of amides is 1. The summed E-state index contributed by atoms with van der Waals surface area (Å²) < 4.78 is 26.0. The van der Waals surface area contributed by atoms with Crippen molar-refractivity contribution in [3.05, 3.63) is 48.3 Å². The Kier molecular flexibility index (Phi) is 5.95. The molecule has 0 bridgehead atoms. The molecule has 3 heterocycles. The lowest BCUT2D eigenvalue weighted by atomic mass is 10.2. The highest BCUT2D eigenvalue weighted by Gasteiger charge is 2.40. The number of nitrogens with zero attached hydrogens (tertiary/aromatic N) is 1. The summed E-state index contributed by atoms with van der Waals surface area (Å²) >= 11 is 0. The minimum atomic E-state index is -0.694. The first-order valence-electron chi connectivity index (χ1n) is 9.15. The highest BCUT2D eigenvalue weighted by atomic mass is 16.6. The summed E-state index contributed by atoms with van der Waals surface area (Å²) in [6.45, 7) is 5.33. The maximum atomic E-state index is 12.6. The molecule has 1 saturated heterocycles. The van der Waals surface area contributed by atoms with E-state index in [4.69, 9.17) is 23.0 Å². The van der Waals surface area contributed by atoms with Crippen molar-refractivity contribution in [1.82, 2.24) is 4.90 Å². The van der Waals surface area contributed by atoms with E-state index in [9.17, 15) is 14.4 Å². The van der Waals surface area contributed by atoms with Crippen LogP contribution in [0.15, 0.2) is 46.0 Å². The van der Waals surface area contributed by atoms with Crippen molar-refractivity contribution in [3.8, 4) is 0 Å². The monoisotopic (exact) mass is 405 g/mol. The quantitative estimate of drug-likeness (QED) is 0.551. The minimum Gasteiger partial charge on any atom is -0.472 e. The van der Waals surface area contributed by atoms with Gasteiger partial charge in [-0.3, -0.25) is 4.90 Å². The van der Waals surface area contributed by atoms with Gasteiger partial charge in [0.05, 0.1) is 36.2 Å². The largest absolute Gasteiger partial charge is 0.472 e. The molecule has 9 heteroatoms. The van der Waals surface area contributed by atoms with E-state index < -0.39 is 35.8 Å². The molecule has 0 N–H and O–H groups in total. The molecule has 2 aromatic rings. The van der Waals surface area contributed by atoms with Crippen molar-refractivity contribution < 1.29 is 37.4 Å². The Labute approximate surface area is 167 Å². The van der Waals surface area contributed by atoms with Crippen LogP contribution in [0.2, 0.25) is 0 Å². The second kappa shape index (κ2) is 8.42. The fourth-order valence-electron chi connectivity index (χ4n) is 2.90. The van der Waals surface area contributed by atoms with Crippen molar-refractivity contribution in [2.45, 2.75) is 44.9 Å². The Balaban J connectivity index is 1.65. The number of carbonyl (C=O) groups is 3. The summed E-state index contributed by atoms with van der Waals surface area (Å²) in [7, 11) is 0. The van der Waals surface area contributed by atoms with E-state index in [0.717, 1.165) is 0 Å². The van der Waals surface area contributed by atoms with Gasteiger partial charge in [-0.1, -0.05) is 0 Å². The van der Waals surface area contributed by atoms with Crippen LogP contribution in [-0.4, -0.2) is 53.8 Å². The molecule has 9 nitrogen and oxygen atoms in total. The Bertz CT molecular complexity index is 834. The van der Waals surface area contributed by atoms with E-state index >= 15 is 0 Å². The highest BCUT2D eigenvalue weighted by Crippen LogP contribution is 2.25. The number of furan rings is 2. The topological polar surface area (TPSA) is 108 Å². The molecule has 0 radical (unpaired) electrons. The Morgan fingerprint density at radius 1 is 1.07 bits per heavy atom. The summed E-state index contributed by atoms with van der Waals surface area (Å²) in [5.74, 6) is -1.12. The predicted molar refractivity (Wildman–Crippen MR) is 98.2 cm³/mol. The first kappa shape index (κ1) is 20.5. The van der Waals surface area contributed by atoms with Gasteiger partial charge in [0.1, 0.15) is 30.8 Å². The van der Waals surface area contributed by atoms with Crippen LogP contribution in [-0.2, 0) is 14.2 Å². The van der Waals surface area contributed by atoms with Crippen LogP contribution in [0.25, 0.3) is 0 Å². The van der Waals surface area contributed by atoms with Gasteiger partial charge in [0.2, 0.25) is 0 Å². The Morgan fingerprint density at radius 2 is 1.69 bits per heavy atom. The predicted octanol–water partition coefficient (Wildman–Crippen LogP) is 3.26. The molecular weight excluding hydrogens is 382 g/mol. The van der Waals surface area contributed by atoms with Crippen molar-refractivity contribution >= 4 is 18.0 Å². The maximum Gasteiger partial charge on any atom is 0.410 e. The molecule has 1 amide bonds.